The molecule has 33 heavy (non-hydrogen) atoms. The van der Waals surface area contributed by atoms with Crippen LogP contribution in [0.4, 0.5) is 0 Å². The van der Waals surface area contributed by atoms with E-state index < -0.39 is 0 Å². The molecule has 2 aromatic heterocycles. The van der Waals surface area contributed by atoms with Crippen LogP contribution in [-0.2, 0) is 4.79 Å². The molecule has 0 saturated heterocycles. The molecule has 0 radical (unpaired) electrons. The summed E-state index contributed by atoms with van der Waals surface area (Å²) in [7, 11) is 3.18. The Morgan fingerprint density at radius 1 is 1.09 bits per heavy atom. The van der Waals surface area contributed by atoms with Gasteiger partial charge in [-0.25, -0.2) is 5.01 Å². The van der Waals surface area contributed by atoms with Gasteiger partial charge in [-0.15, -0.1) is 16.4 Å². The summed E-state index contributed by atoms with van der Waals surface area (Å²) in [5.41, 5.74) is 3.12. The first-order chi connectivity index (χ1) is 16.2. The second-order valence-electron chi connectivity index (χ2n) is 7.32. The molecule has 1 amide bonds. The summed E-state index contributed by atoms with van der Waals surface area (Å²) in [6, 6.07) is 16.7. The summed E-state index contributed by atoms with van der Waals surface area (Å²) < 4.78 is 10.8. The van der Waals surface area contributed by atoms with Crippen molar-refractivity contribution in [3.63, 3.8) is 0 Å². The minimum Gasteiger partial charge on any atom is -0.493 e. The van der Waals surface area contributed by atoms with Crippen molar-refractivity contribution < 1.29 is 19.1 Å². The molecular weight excluding hydrogens is 442 g/mol. The van der Waals surface area contributed by atoms with E-state index in [2.05, 4.69) is 15.4 Å². The number of aromatic nitrogens is 3. The maximum Gasteiger partial charge on any atom is 0.283 e. The second kappa shape index (κ2) is 8.91. The summed E-state index contributed by atoms with van der Waals surface area (Å²) in [6.07, 6.45) is 0.577. The second-order valence-corrected chi connectivity index (χ2v) is 8.27. The fourth-order valence-corrected chi connectivity index (χ4v) is 4.50. The molecule has 168 valence electrons. The molecule has 5 rings (SSSR count). The van der Waals surface area contributed by atoms with Gasteiger partial charge in [0.1, 0.15) is 11.0 Å². The van der Waals surface area contributed by atoms with E-state index in [0.29, 0.717) is 29.0 Å². The van der Waals surface area contributed by atoms with Crippen LogP contribution in [0.15, 0.2) is 65.1 Å². The first kappa shape index (κ1) is 21.0. The number of carbonyl (C=O) groups is 1. The Kier molecular flexibility index (Phi) is 5.66. The highest BCUT2D eigenvalue weighted by Gasteiger charge is 2.34. The highest BCUT2D eigenvalue weighted by Crippen LogP contribution is 2.37. The molecule has 3 heterocycles. The predicted molar refractivity (Wildman–Crippen MR) is 124 cm³/mol. The van der Waals surface area contributed by atoms with Gasteiger partial charge in [0.15, 0.2) is 18.1 Å². The van der Waals surface area contributed by atoms with Crippen molar-refractivity contribution in [2.24, 2.45) is 5.10 Å². The van der Waals surface area contributed by atoms with Crippen LogP contribution in [0, 0.1) is 0 Å². The van der Waals surface area contributed by atoms with E-state index in [1.165, 1.54) is 9.85 Å². The van der Waals surface area contributed by atoms with Crippen molar-refractivity contribution in [2.45, 2.75) is 12.5 Å². The summed E-state index contributed by atoms with van der Waals surface area (Å²) in [5.74, 6) is 0.927. The van der Waals surface area contributed by atoms with Crippen LogP contribution in [0.3, 0.4) is 0 Å². The Balaban J connectivity index is 1.42. The van der Waals surface area contributed by atoms with Crippen LogP contribution in [-0.4, -0.2) is 52.6 Å². The Labute approximate surface area is 193 Å². The molecule has 9 nitrogen and oxygen atoms in total. The SMILES string of the molecule is COc1ccc([C@@H]2CC(c3cccs3)=NN2C(=O)COn2nnc3ccccc32)cc1OC. The van der Waals surface area contributed by atoms with Crippen molar-refractivity contribution in [3.05, 3.63) is 70.4 Å². The first-order valence-electron chi connectivity index (χ1n) is 10.3. The lowest BCUT2D eigenvalue weighted by molar-refractivity contribution is -0.138. The van der Waals surface area contributed by atoms with Gasteiger partial charge in [0, 0.05) is 6.42 Å². The molecule has 1 aliphatic heterocycles. The van der Waals surface area contributed by atoms with Crippen LogP contribution in [0.5, 0.6) is 11.5 Å². The normalized spacial score (nSPS) is 15.5. The highest BCUT2D eigenvalue weighted by molar-refractivity contribution is 7.12. The predicted octanol–water partition coefficient (Wildman–Crippen LogP) is 3.32. The number of amides is 1. The van der Waals surface area contributed by atoms with Gasteiger partial charge in [0.2, 0.25) is 0 Å². The Morgan fingerprint density at radius 3 is 2.73 bits per heavy atom. The maximum atomic E-state index is 13.2. The van der Waals surface area contributed by atoms with Crippen molar-refractivity contribution in [2.75, 3.05) is 20.8 Å². The van der Waals surface area contributed by atoms with Crippen molar-refractivity contribution in [3.8, 4) is 11.5 Å². The number of rotatable bonds is 7. The fourth-order valence-electron chi connectivity index (χ4n) is 3.78. The van der Waals surface area contributed by atoms with Crippen molar-refractivity contribution in [1.82, 2.24) is 20.2 Å². The lowest BCUT2D eigenvalue weighted by Crippen LogP contribution is -2.34. The largest absolute Gasteiger partial charge is 0.493 e. The fraction of sp³-hybridized carbons (Fsp3) is 0.217. The number of hydrogen-bond acceptors (Lipinski definition) is 8. The van der Waals surface area contributed by atoms with Gasteiger partial charge >= 0.3 is 0 Å². The van der Waals surface area contributed by atoms with Gasteiger partial charge in [0.05, 0.1) is 30.9 Å². The van der Waals surface area contributed by atoms with Crippen LogP contribution >= 0.6 is 11.3 Å². The highest BCUT2D eigenvalue weighted by atomic mass is 32.1. The minimum atomic E-state index is -0.300. The van der Waals surface area contributed by atoms with Gasteiger partial charge in [0.25, 0.3) is 5.91 Å². The summed E-state index contributed by atoms with van der Waals surface area (Å²) in [6.45, 7) is -0.238. The first-order valence-corrected chi connectivity index (χ1v) is 11.1. The number of hydrazone groups is 1. The molecule has 1 aliphatic rings. The lowest BCUT2D eigenvalue weighted by atomic mass is 10.0. The summed E-state index contributed by atoms with van der Waals surface area (Å²) >= 11 is 1.59. The van der Waals surface area contributed by atoms with E-state index in [9.17, 15) is 4.79 Å². The Morgan fingerprint density at radius 2 is 1.94 bits per heavy atom. The number of methoxy groups -OCH3 is 2. The smallest absolute Gasteiger partial charge is 0.283 e. The number of hydrogen-bond donors (Lipinski definition) is 0. The summed E-state index contributed by atoms with van der Waals surface area (Å²) in [5, 5.41) is 16.2. The zero-order chi connectivity index (χ0) is 22.8. The number of ether oxygens (including phenoxy) is 2. The molecule has 0 spiro atoms. The third-order valence-corrected chi connectivity index (χ3v) is 6.31. The van der Waals surface area contributed by atoms with Crippen LogP contribution in [0.1, 0.15) is 22.9 Å². The zero-order valence-corrected chi connectivity index (χ0v) is 18.9. The summed E-state index contributed by atoms with van der Waals surface area (Å²) in [4.78, 5) is 21.2. The number of nitrogens with zero attached hydrogens (tertiary/aromatic N) is 5. The minimum absolute atomic E-state index is 0.238. The van der Waals surface area contributed by atoms with Gasteiger partial charge in [-0.1, -0.05) is 29.1 Å². The third kappa shape index (κ3) is 4.00. The van der Waals surface area contributed by atoms with E-state index in [1.54, 1.807) is 25.6 Å². The molecular formula is C23H21N5O4S. The molecule has 0 unspecified atom stereocenters. The average molecular weight is 464 g/mol. The third-order valence-electron chi connectivity index (χ3n) is 5.40. The van der Waals surface area contributed by atoms with E-state index in [-0.39, 0.29) is 18.6 Å². The molecule has 1 atom stereocenters. The van der Waals surface area contributed by atoms with E-state index in [4.69, 9.17) is 14.3 Å². The molecule has 2 aromatic carbocycles. The van der Waals surface area contributed by atoms with Crippen molar-refractivity contribution in [1.29, 1.82) is 0 Å². The average Bonchev–Trinajstić information content (AvgIpc) is 3.61. The quantitative estimate of drug-likeness (QED) is 0.418. The standard InChI is InChI=1S/C23H21N5O4S/c1-30-20-10-9-15(12-21(20)31-2)19-13-17(22-8-5-11-33-22)25-27(19)23(29)14-32-28-18-7-4-3-6-16(18)24-26-28/h3-12,19H,13-14H2,1-2H3/t19-/m0/s1. The van der Waals surface area contributed by atoms with Gasteiger partial charge < -0.3 is 14.3 Å². The van der Waals surface area contributed by atoms with Crippen LogP contribution in [0.2, 0.25) is 0 Å². The lowest BCUT2D eigenvalue weighted by Gasteiger charge is -2.22. The molecule has 0 saturated carbocycles. The Bertz CT molecular complexity index is 1320. The molecule has 0 fully saturated rings. The number of benzene rings is 2. The molecule has 0 bridgehead atoms. The number of thiophene rings is 1. The topological polar surface area (TPSA) is 91.1 Å². The van der Waals surface area contributed by atoms with Gasteiger partial charge in [-0.2, -0.15) is 5.10 Å². The van der Waals surface area contributed by atoms with E-state index >= 15 is 0 Å². The molecule has 4 aromatic rings. The maximum absolute atomic E-state index is 13.2. The van der Waals surface area contributed by atoms with E-state index in [1.807, 2.05) is 60.0 Å². The van der Waals surface area contributed by atoms with Crippen LogP contribution in [0.25, 0.3) is 11.0 Å². The van der Waals surface area contributed by atoms with Gasteiger partial charge in [-0.05, 0) is 46.5 Å². The molecule has 0 aliphatic carbocycles. The molecule has 10 heteroatoms. The monoisotopic (exact) mass is 463 g/mol. The number of para-hydroxylation sites is 1. The molecule has 0 N–H and O–H groups in total. The number of fused-ring (bicyclic) bond motifs is 1. The van der Waals surface area contributed by atoms with Crippen molar-refractivity contribution >= 4 is 34.0 Å². The van der Waals surface area contributed by atoms with Gasteiger partial charge in [-0.3, -0.25) is 4.79 Å². The zero-order valence-electron chi connectivity index (χ0n) is 18.0. The Hall–Kier alpha value is -3.92. The van der Waals surface area contributed by atoms with E-state index in [0.717, 1.165) is 16.2 Å². The number of carbonyl (C=O) groups excluding carboxylic acids is 1. The van der Waals surface area contributed by atoms with Crippen LogP contribution < -0.4 is 14.3 Å².